The molecule has 3 aromatic rings. The molecule has 0 spiro atoms. The molecule has 0 saturated heterocycles. The lowest BCUT2D eigenvalue weighted by Crippen LogP contribution is -2.37. The van der Waals surface area contributed by atoms with Crippen molar-refractivity contribution in [3.63, 3.8) is 0 Å². The zero-order chi connectivity index (χ0) is 24.3. The second-order valence-electron chi connectivity index (χ2n) is 7.90. The largest absolute Gasteiger partial charge is 0.492 e. The van der Waals surface area contributed by atoms with Crippen molar-refractivity contribution in [3.8, 4) is 5.75 Å². The molecule has 34 heavy (non-hydrogen) atoms. The van der Waals surface area contributed by atoms with Gasteiger partial charge in [-0.3, -0.25) is 4.79 Å². The number of hydrogen-bond acceptors (Lipinski definition) is 6. The van der Waals surface area contributed by atoms with Gasteiger partial charge in [0.25, 0.3) is 0 Å². The van der Waals surface area contributed by atoms with E-state index in [9.17, 15) is 14.7 Å². The van der Waals surface area contributed by atoms with Gasteiger partial charge in [-0.15, -0.1) is 0 Å². The molecule has 3 rings (SSSR count). The lowest BCUT2D eigenvalue weighted by Gasteiger charge is -2.18. The molecule has 1 aromatic heterocycles. The highest BCUT2D eigenvalue weighted by Gasteiger charge is 2.18. The van der Waals surface area contributed by atoms with Gasteiger partial charge in [-0.2, -0.15) is 0 Å². The number of carbonyl (C=O) groups is 2. The molecule has 0 radical (unpaired) electrons. The van der Waals surface area contributed by atoms with Crippen LogP contribution in [0, 0.1) is 0 Å². The first-order valence-electron chi connectivity index (χ1n) is 11.0. The predicted octanol–water partition coefficient (Wildman–Crippen LogP) is 3.97. The lowest BCUT2D eigenvalue weighted by atomic mass is 10.1. The zero-order valence-electron chi connectivity index (χ0n) is 19.3. The summed E-state index contributed by atoms with van der Waals surface area (Å²) < 4.78 is 5.81. The fourth-order valence-corrected chi connectivity index (χ4v) is 3.35. The molecule has 0 unspecified atom stereocenters. The molecule has 2 aromatic carbocycles. The van der Waals surface area contributed by atoms with Crippen LogP contribution in [-0.4, -0.2) is 48.1 Å². The van der Waals surface area contributed by atoms with Crippen LogP contribution in [0.15, 0.2) is 90.8 Å². The van der Waals surface area contributed by atoms with Crippen LogP contribution in [0.5, 0.6) is 5.75 Å². The molecule has 0 bridgehead atoms. The van der Waals surface area contributed by atoms with Gasteiger partial charge in [0.05, 0.1) is 6.54 Å². The van der Waals surface area contributed by atoms with Gasteiger partial charge in [0.1, 0.15) is 24.2 Å². The molecule has 1 heterocycles. The van der Waals surface area contributed by atoms with Crippen LogP contribution in [0.25, 0.3) is 0 Å². The number of nitrogens with zero attached hydrogens (tertiary/aromatic N) is 2. The van der Waals surface area contributed by atoms with Crippen molar-refractivity contribution in [3.05, 3.63) is 102 Å². The Balaban J connectivity index is 1.52. The number of carboxylic acid groups (broad SMARTS) is 1. The lowest BCUT2D eigenvalue weighted by molar-refractivity contribution is -0.139. The second-order valence-corrected chi connectivity index (χ2v) is 7.90. The van der Waals surface area contributed by atoms with Gasteiger partial charge in [-0.25, -0.2) is 9.78 Å². The van der Waals surface area contributed by atoms with Gasteiger partial charge in [0.2, 0.25) is 0 Å². The molecule has 2 N–H and O–H groups in total. The third kappa shape index (κ3) is 7.48. The van der Waals surface area contributed by atoms with Crippen molar-refractivity contribution in [2.75, 3.05) is 25.1 Å². The molecular weight excluding hydrogens is 430 g/mol. The number of rotatable bonds is 12. The summed E-state index contributed by atoms with van der Waals surface area (Å²) in [7, 11) is 1.96. The number of pyridine rings is 1. The Bertz CT molecular complexity index is 1100. The summed E-state index contributed by atoms with van der Waals surface area (Å²) in [6.45, 7) is 2.86. The highest BCUT2D eigenvalue weighted by atomic mass is 16.5. The number of ketones is 1. The quantitative estimate of drug-likeness (QED) is 0.313. The molecular formula is C27H29N3O4. The van der Waals surface area contributed by atoms with E-state index in [1.54, 1.807) is 37.4 Å². The summed E-state index contributed by atoms with van der Waals surface area (Å²) in [5.41, 5.74) is 1.90. The molecule has 0 aliphatic carbocycles. The van der Waals surface area contributed by atoms with E-state index in [-0.39, 0.29) is 12.2 Å². The summed E-state index contributed by atoms with van der Waals surface area (Å²) in [5, 5.41) is 12.6. The Morgan fingerprint density at radius 1 is 1.06 bits per heavy atom. The maximum absolute atomic E-state index is 12.3. The Hall–Kier alpha value is -4.13. The van der Waals surface area contributed by atoms with E-state index in [1.807, 2.05) is 60.5 Å². The van der Waals surface area contributed by atoms with Crippen LogP contribution >= 0.6 is 0 Å². The predicted molar refractivity (Wildman–Crippen MR) is 132 cm³/mol. The van der Waals surface area contributed by atoms with Crippen LogP contribution in [0.2, 0.25) is 0 Å². The first kappa shape index (κ1) is 24.5. The summed E-state index contributed by atoms with van der Waals surface area (Å²) in [5.74, 6) is 0.425. The zero-order valence-corrected chi connectivity index (χ0v) is 19.3. The molecule has 0 saturated carbocycles. The fraction of sp³-hybridized carbons (Fsp3) is 0.222. The topological polar surface area (TPSA) is 91.8 Å². The van der Waals surface area contributed by atoms with Crippen LogP contribution in [0.3, 0.4) is 0 Å². The minimum absolute atomic E-state index is 0.176. The van der Waals surface area contributed by atoms with Gasteiger partial charge in [-0.05, 0) is 36.8 Å². The molecule has 0 aliphatic rings. The monoisotopic (exact) mass is 459 g/mol. The molecule has 0 amide bonds. The number of likely N-dealkylation sites (N-methyl/N-ethyl adjacent to an activating group) is 1. The van der Waals surface area contributed by atoms with E-state index < -0.39 is 12.0 Å². The smallest absolute Gasteiger partial charge is 0.326 e. The summed E-state index contributed by atoms with van der Waals surface area (Å²) in [6, 6.07) is 21.1. The molecule has 0 fully saturated rings. The second kappa shape index (κ2) is 12.2. The SMILES string of the molecule is CC(=CC(=O)c1ccccc1)N[C@H](Cc1ccc(OCCN(C)c2ccccn2)cc1)C(=O)O. The van der Waals surface area contributed by atoms with E-state index in [0.717, 1.165) is 11.4 Å². The average Bonchev–Trinajstić information content (AvgIpc) is 2.85. The van der Waals surface area contributed by atoms with Gasteiger partial charge in [0.15, 0.2) is 5.78 Å². The Morgan fingerprint density at radius 2 is 1.76 bits per heavy atom. The van der Waals surface area contributed by atoms with E-state index >= 15 is 0 Å². The number of hydrogen-bond donors (Lipinski definition) is 2. The molecule has 0 aliphatic heterocycles. The van der Waals surface area contributed by atoms with Crippen LogP contribution in [-0.2, 0) is 11.2 Å². The first-order chi connectivity index (χ1) is 16.4. The third-order valence-electron chi connectivity index (χ3n) is 5.20. The molecule has 176 valence electrons. The molecule has 7 heteroatoms. The fourth-order valence-electron chi connectivity index (χ4n) is 3.35. The summed E-state index contributed by atoms with van der Waals surface area (Å²) in [6.07, 6.45) is 3.44. The van der Waals surface area contributed by atoms with Crippen LogP contribution in [0.4, 0.5) is 5.82 Å². The number of ether oxygens (including phenoxy) is 1. The summed E-state index contributed by atoms with van der Waals surface area (Å²) >= 11 is 0. The van der Waals surface area contributed by atoms with E-state index in [1.165, 1.54) is 6.08 Å². The normalized spacial score (nSPS) is 12.0. The number of carbonyl (C=O) groups excluding carboxylic acids is 1. The minimum Gasteiger partial charge on any atom is -0.492 e. The minimum atomic E-state index is -0.988. The number of carboxylic acids is 1. The Labute approximate surface area is 199 Å². The van der Waals surface area contributed by atoms with Gasteiger partial charge in [0, 0.05) is 37.0 Å². The first-order valence-corrected chi connectivity index (χ1v) is 11.0. The number of allylic oxidation sites excluding steroid dienone is 2. The van der Waals surface area contributed by atoms with Gasteiger partial charge >= 0.3 is 5.97 Å². The van der Waals surface area contributed by atoms with E-state index in [2.05, 4.69) is 10.3 Å². The maximum Gasteiger partial charge on any atom is 0.326 e. The number of aliphatic carboxylic acids is 1. The van der Waals surface area contributed by atoms with Crippen molar-refractivity contribution >= 4 is 17.6 Å². The van der Waals surface area contributed by atoms with E-state index in [4.69, 9.17) is 4.74 Å². The van der Waals surface area contributed by atoms with Crippen molar-refractivity contribution in [2.45, 2.75) is 19.4 Å². The highest BCUT2D eigenvalue weighted by Crippen LogP contribution is 2.15. The molecule has 7 nitrogen and oxygen atoms in total. The number of aromatic nitrogens is 1. The van der Waals surface area contributed by atoms with Crippen molar-refractivity contribution in [2.24, 2.45) is 0 Å². The maximum atomic E-state index is 12.3. The summed E-state index contributed by atoms with van der Waals surface area (Å²) in [4.78, 5) is 30.4. The van der Waals surface area contributed by atoms with Gasteiger partial charge in [-0.1, -0.05) is 48.5 Å². The van der Waals surface area contributed by atoms with Gasteiger partial charge < -0.3 is 20.1 Å². The highest BCUT2D eigenvalue weighted by molar-refractivity contribution is 6.04. The number of benzene rings is 2. The van der Waals surface area contributed by atoms with Crippen LogP contribution in [0.1, 0.15) is 22.8 Å². The Morgan fingerprint density at radius 3 is 2.41 bits per heavy atom. The third-order valence-corrected chi connectivity index (χ3v) is 5.20. The number of anilines is 1. The molecule has 1 atom stereocenters. The average molecular weight is 460 g/mol. The number of nitrogens with one attached hydrogen (secondary N) is 1. The standard InChI is InChI=1S/C27H29N3O4/c1-20(18-25(31)22-8-4-3-5-9-22)29-24(27(32)33)19-21-11-13-23(14-12-21)34-17-16-30(2)26-10-6-7-15-28-26/h3-15,18,24,29H,16-17,19H2,1-2H3,(H,32,33)/t24-/m1/s1. The Kier molecular flexibility index (Phi) is 8.80. The van der Waals surface area contributed by atoms with Crippen molar-refractivity contribution < 1.29 is 19.4 Å². The van der Waals surface area contributed by atoms with E-state index in [0.29, 0.717) is 30.2 Å². The van der Waals surface area contributed by atoms with Crippen molar-refractivity contribution in [1.82, 2.24) is 10.3 Å². The van der Waals surface area contributed by atoms with Crippen LogP contribution < -0.4 is 15.0 Å². The van der Waals surface area contributed by atoms with Crippen molar-refractivity contribution in [1.29, 1.82) is 0 Å².